The third kappa shape index (κ3) is 7.73. The van der Waals surface area contributed by atoms with Crippen LogP contribution < -0.4 is 21.7 Å². The monoisotopic (exact) mass is 393 g/mol. The highest BCUT2D eigenvalue weighted by molar-refractivity contribution is 5.43. The number of aromatic nitrogens is 3. The summed E-state index contributed by atoms with van der Waals surface area (Å²) in [4.78, 5) is 13.6. The van der Waals surface area contributed by atoms with Crippen molar-refractivity contribution in [3.63, 3.8) is 0 Å². The Bertz CT molecular complexity index is 577. The van der Waals surface area contributed by atoms with E-state index >= 15 is 0 Å². The highest BCUT2D eigenvalue weighted by Gasteiger charge is 2.23. The van der Waals surface area contributed by atoms with Gasteiger partial charge in [-0.05, 0) is 44.4 Å². The molecule has 2 fully saturated rings. The third-order valence-corrected chi connectivity index (χ3v) is 5.06. The van der Waals surface area contributed by atoms with E-state index in [0.717, 1.165) is 5.92 Å². The second kappa shape index (κ2) is 11.3. The van der Waals surface area contributed by atoms with Crippen LogP contribution in [0.5, 0.6) is 0 Å². The van der Waals surface area contributed by atoms with Crippen molar-refractivity contribution in [1.29, 1.82) is 0 Å². The molecule has 0 aliphatic heterocycles. The van der Waals surface area contributed by atoms with Gasteiger partial charge in [0, 0.05) is 25.2 Å². The zero-order valence-corrected chi connectivity index (χ0v) is 17.0. The first kappa shape index (κ1) is 21.0. The van der Waals surface area contributed by atoms with Crippen molar-refractivity contribution in [3.8, 4) is 0 Å². The minimum Gasteiger partial charge on any atom is -0.378 e. The van der Waals surface area contributed by atoms with Gasteiger partial charge in [-0.2, -0.15) is 15.0 Å². The number of nitrogens with zero attached hydrogens (tertiary/aromatic N) is 3. The number of hydrogen-bond acceptors (Lipinski definition) is 9. The summed E-state index contributed by atoms with van der Waals surface area (Å²) in [6, 6.07) is 0.938. The molecule has 0 unspecified atom stereocenters. The van der Waals surface area contributed by atoms with Gasteiger partial charge in [-0.3, -0.25) is 0 Å². The van der Waals surface area contributed by atoms with Crippen LogP contribution in [0.1, 0.15) is 45.4 Å². The molecule has 2 aliphatic carbocycles. The summed E-state index contributed by atoms with van der Waals surface area (Å²) in [6.45, 7) is 5.74. The molecular formula is C19H35N7O2. The molecule has 5 N–H and O–H groups in total. The number of anilines is 3. The van der Waals surface area contributed by atoms with Gasteiger partial charge in [-0.15, -0.1) is 0 Å². The van der Waals surface area contributed by atoms with Gasteiger partial charge in [0.15, 0.2) is 0 Å². The summed E-state index contributed by atoms with van der Waals surface area (Å²) in [7, 11) is 0. The number of nitrogens with two attached hydrogens (primary N) is 1. The predicted molar refractivity (Wildman–Crippen MR) is 111 cm³/mol. The van der Waals surface area contributed by atoms with Crippen molar-refractivity contribution in [2.45, 2.75) is 57.5 Å². The number of nitrogens with one attached hydrogen (secondary N) is 3. The quantitative estimate of drug-likeness (QED) is 0.372. The van der Waals surface area contributed by atoms with Gasteiger partial charge < -0.3 is 31.2 Å². The van der Waals surface area contributed by atoms with Crippen LogP contribution in [-0.2, 0) is 9.47 Å². The lowest BCUT2D eigenvalue weighted by molar-refractivity contribution is 0.0547. The van der Waals surface area contributed by atoms with Crippen LogP contribution in [-0.4, -0.2) is 66.6 Å². The summed E-state index contributed by atoms with van der Waals surface area (Å²) < 4.78 is 10.8. The predicted octanol–water partition coefficient (Wildman–Crippen LogP) is 1.84. The zero-order valence-electron chi connectivity index (χ0n) is 17.0. The van der Waals surface area contributed by atoms with E-state index in [9.17, 15) is 0 Å². The van der Waals surface area contributed by atoms with E-state index < -0.39 is 0 Å². The second-order valence-corrected chi connectivity index (χ2v) is 7.77. The van der Waals surface area contributed by atoms with Crippen LogP contribution in [0.15, 0.2) is 0 Å². The van der Waals surface area contributed by atoms with E-state index in [1.54, 1.807) is 0 Å². The molecule has 9 nitrogen and oxygen atoms in total. The topological polar surface area (TPSA) is 119 Å². The van der Waals surface area contributed by atoms with Gasteiger partial charge in [0.2, 0.25) is 17.8 Å². The van der Waals surface area contributed by atoms with Crippen molar-refractivity contribution in [2.75, 3.05) is 55.5 Å². The first-order valence-electron chi connectivity index (χ1n) is 10.6. The first-order chi connectivity index (χ1) is 13.7. The maximum atomic E-state index is 5.54. The molecule has 0 bridgehead atoms. The van der Waals surface area contributed by atoms with Crippen LogP contribution in [0.2, 0.25) is 0 Å². The molecule has 0 amide bonds. The molecule has 3 rings (SSSR count). The molecule has 1 aromatic rings. The minimum absolute atomic E-state index is 0.442. The van der Waals surface area contributed by atoms with Gasteiger partial charge in [-0.1, -0.05) is 6.92 Å². The molecule has 0 saturated heterocycles. The fourth-order valence-corrected chi connectivity index (χ4v) is 3.22. The molecule has 1 heterocycles. The van der Waals surface area contributed by atoms with Crippen LogP contribution in [0.4, 0.5) is 17.8 Å². The summed E-state index contributed by atoms with van der Waals surface area (Å²) in [6.07, 6.45) is 7.21. The largest absolute Gasteiger partial charge is 0.378 e. The Balaban J connectivity index is 1.46. The molecule has 1 aromatic heterocycles. The number of rotatable bonds is 13. The van der Waals surface area contributed by atoms with Crippen molar-refractivity contribution < 1.29 is 9.47 Å². The summed E-state index contributed by atoms with van der Waals surface area (Å²) >= 11 is 0. The molecule has 0 atom stereocenters. The Morgan fingerprint density at radius 1 is 0.786 bits per heavy atom. The van der Waals surface area contributed by atoms with Crippen LogP contribution >= 0.6 is 0 Å². The third-order valence-electron chi connectivity index (χ3n) is 5.06. The minimum atomic E-state index is 0.442. The number of hydrogen-bond donors (Lipinski definition) is 4. The zero-order chi connectivity index (χ0) is 19.6. The van der Waals surface area contributed by atoms with Crippen LogP contribution in [0.25, 0.3) is 0 Å². The molecule has 0 aromatic carbocycles. The molecule has 9 heteroatoms. The Hall–Kier alpha value is -1.71. The van der Waals surface area contributed by atoms with Crippen molar-refractivity contribution in [2.24, 2.45) is 11.7 Å². The van der Waals surface area contributed by atoms with Gasteiger partial charge in [0.05, 0.1) is 26.4 Å². The lowest BCUT2D eigenvalue weighted by atomic mass is 9.87. The Morgan fingerprint density at radius 3 is 1.89 bits per heavy atom. The van der Waals surface area contributed by atoms with Crippen molar-refractivity contribution >= 4 is 17.8 Å². The summed E-state index contributed by atoms with van der Waals surface area (Å²) in [5.74, 6) is 2.69. The molecule has 2 aliphatic rings. The fourth-order valence-electron chi connectivity index (χ4n) is 3.22. The van der Waals surface area contributed by atoms with Crippen molar-refractivity contribution in [1.82, 2.24) is 15.0 Å². The number of ether oxygens (including phenoxy) is 2. The van der Waals surface area contributed by atoms with E-state index in [-0.39, 0.29) is 0 Å². The van der Waals surface area contributed by atoms with E-state index in [0.29, 0.717) is 69.4 Å². The molecule has 158 valence electrons. The molecule has 28 heavy (non-hydrogen) atoms. The second-order valence-electron chi connectivity index (χ2n) is 7.77. The van der Waals surface area contributed by atoms with Gasteiger partial charge in [-0.25, -0.2) is 0 Å². The lowest BCUT2D eigenvalue weighted by Crippen LogP contribution is -2.27. The maximum absolute atomic E-state index is 5.54. The summed E-state index contributed by atoms with van der Waals surface area (Å²) in [5.41, 5.74) is 5.37. The molecular weight excluding hydrogens is 358 g/mol. The molecule has 0 radical (unpaired) electrons. The Morgan fingerprint density at radius 2 is 1.32 bits per heavy atom. The average Bonchev–Trinajstić information content (AvgIpc) is 3.50. The molecule has 2 saturated carbocycles. The Kier molecular flexibility index (Phi) is 8.50. The average molecular weight is 394 g/mol. The standard InChI is InChI=1S/C19H35N7O2/c1-14-2-4-15(5-3-14)22-18-24-17(25-19(26-18)23-16-6-7-16)21-9-11-28-13-12-27-10-8-20/h14-16H,2-13,20H2,1H3,(H3,21,22,23,24,25,26). The van der Waals surface area contributed by atoms with Gasteiger partial charge in [0.25, 0.3) is 0 Å². The van der Waals surface area contributed by atoms with E-state index in [1.807, 2.05) is 0 Å². The van der Waals surface area contributed by atoms with Crippen LogP contribution in [0.3, 0.4) is 0 Å². The lowest BCUT2D eigenvalue weighted by Gasteiger charge is -2.27. The van der Waals surface area contributed by atoms with Crippen LogP contribution in [0, 0.1) is 5.92 Å². The first-order valence-corrected chi connectivity index (χ1v) is 10.6. The molecule has 0 spiro atoms. The van der Waals surface area contributed by atoms with Gasteiger partial charge >= 0.3 is 0 Å². The smallest absolute Gasteiger partial charge is 0.229 e. The summed E-state index contributed by atoms with van der Waals surface area (Å²) in [5, 5.41) is 10.1. The van der Waals surface area contributed by atoms with E-state index in [1.165, 1.54) is 38.5 Å². The van der Waals surface area contributed by atoms with E-state index in [4.69, 9.17) is 15.2 Å². The maximum Gasteiger partial charge on any atom is 0.229 e. The fraction of sp³-hybridized carbons (Fsp3) is 0.842. The van der Waals surface area contributed by atoms with E-state index in [2.05, 4.69) is 37.8 Å². The Labute approximate surface area is 167 Å². The van der Waals surface area contributed by atoms with Crippen molar-refractivity contribution in [3.05, 3.63) is 0 Å². The van der Waals surface area contributed by atoms with Gasteiger partial charge in [0.1, 0.15) is 0 Å². The normalized spacial score (nSPS) is 22.1. The highest BCUT2D eigenvalue weighted by atomic mass is 16.5. The SMILES string of the molecule is CC1CCC(Nc2nc(NCCOCCOCCN)nc(NC3CC3)n2)CC1. The highest BCUT2D eigenvalue weighted by Crippen LogP contribution is 2.26.